The quantitative estimate of drug-likeness (QED) is 0.804. The van der Waals surface area contributed by atoms with E-state index >= 15 is 0 Å². The molecule has 0 unspecified atom stereocenters. The van der Waals surface area contributed by atoms with Crippen molar-refractivity contribution in [3.05, 3.63) is 18.5 Å². The third kappa shape index (κ3) is 4.08. The summed E-state index contributed by atoms with van der Waals surface area (Å²) in [5, 5.41) is 12.8. The van der Waals surface area contributed by atoms with Gasteiger partial charge in [0.1, 0.15) is 0 Å². The van der Waals surface area contributed by atoms with E-state index in [1.165, 1.54) is 0 Å². The molecule has 2 heterocycles. The first-order chi connectivity index (χ1) is 9.66. The standard InChI is InChI=1S/C14H21N3O3/c18-13(4-1-2-5-14(19)20)16-10-6-12(7-11-16)17-9-3-8-15-17/h3,8-9,12H,1-2,4-7,10-11H2,(H,19,20). The van der Waals surface area contributed by atoms with Gasteiger partial charge in [0.15, 0.2) is 0 Å². The number of amides is 1. The fourth-order valence-corrected chi connectivity index (χ4v) is 2.59. The number of carboxylic acids is 1. The van der Waals surface area contributed by atoms with Crippen LogP contribution in [0.1, 0.15) is 44.6 Å². The summed E-state index contributed by atoms with van der Waals surface area (Å²) in [7, 11) is 0. The van der Waals surface area contributed by atoms with Gasteiger partial charge in [-0.15, -0.1) is 0 Å². The van der Waals surface area contributed by atoms with Gasteiger partial charge >= 0.3 is 5.97 Å². The number of hydrogen-bond acceptors (Lipinski definition) is 3. The van der Waals surface area contributed by atoms with Crippen molar-refractivity contribution in [2.75, 3.05) is 13.1 Å². The highest BCUT2D eigenvalue weighted by Crippen LogP contribution is 2.22. The van der Waals surface area contributed by atoms with Gasteiger partial charge in [0.25, 0.3) is 0 Å². The molecular weight excluding hydrogens is 258 g/mol. The molecule has 1 aliphatic heterocycles. The largest absolute Gasteiger partial charge is 0.481 e. The minimum absolute atomic E-state index is 0.147. The molecule has 1 aromatic heterocycles. The van der Waals surface area contributed by atoms with Crippen LogP contribution in [-0.2, 0) is 9.59 Å². The number of hydrogen-bond donors (Lipinski definition) is 1. The van der Waals surface area contributed by atoms with E-state index in [0.717, 1.165) is 25.9 Å². The number of aromatic nitrogens is 2. The topological polar surface area (TPSA) is 75.4 Å². The van der Waals surface area contributed by atoms with Gasteiger partial charge in [-0.3, -0.25) is 14.3 Å². The van der Waals surface area contributed by atoms with E-state index < -0.39 is 5.97 Å². The van der Waals surface area contributed by atoms with Crippen molar-refractivity contribution in [3.8, 4) is 0 Å². The lowest BCUT2D eigenvalue weighted by Crippen LogP contribution is -2.39. The molecule has 1 aromatic rings. The van der Waals surface area contributed by atoms with Crippen LogP contribution in [-0.4, -0.2) is 44.8 Å². The third-order valence-electron chi connectivity index (χ3n) is 3.75. The van der Waals surface area contributed by atoms with E-state index in [4.69, 9.17) is 5.11 Å². The van der Waals surface area contributed by atoms with Gasteiger partial charge in [0, 0.05) is 38.3 Å². The summed E-state index contributed by atoms with van der Waals surface area (Å²) in [6, 6.07) is 2.31. The van der Waals surface area contributed by atoms with Crippen molar-refractivity contribution in [1.82, 2.24) is 14.7 Å². The van der Waals surface area contributed by atoms with Gasteiger partial charge in [-0.2, -0.15) is 5.10 Å². The molecule has 20 heavy (non-hydrogen) atoms. The predicted octanol–water partition coefficient (Wildman–Crippen LogP) is 1.69. The maximum atomic E-state index is 12.0. The van der Waals surface area contributed by atoms with E-state index in [1.807, 2.05) is 21.8 Å². The lowest BCUT2D eigenvalue weighted by Gasteiger charge is -2.32. The average Bonchev–Trinajstić information content (AvgIpc) is 2.97. The van der Waals surface area contributed by atoms with Gasteiger partial charge < -0.3 is 10.0 Å². The Hall–Kier alpha value is -1.85. The van der Waals surface area contributed by atoms with Crippen LogP contribution >= 0.6 is 0 Å². The third-order valence-corrected chi connectivity index (χ3v) is 3.75. The second-order valence-electron chi connectivity index (χ2n) is 5.20. The Morgan fingerprint density at radius 3 is 2.50 bits per heavy atom. The average molecular weight is 279 g/mol. The van der Waals surface area contributed by atoms with E-state index in [9.17, 15) is 9.59 Å². The monoisotopic (exact) mass is 279 g/mol. The van der Waals surface area contributed by atoms with E-state index in [1.54, 1.807) is 6.20 Å². The van der Waals surface area contributed by atoms with Crippen LogP contribution in [0, 0.1) is 0 Å². The summed E-state index contributed by atoms with van der Waals surface area (Å²) in [4.78, 5) is 24.3. The number of rotatable bonds is 6. The van der Waals surface area contributed by atoms with Crippen molar-refractivity contribution in [2.45, 2.75) is 44.6 Å². The molecule has 2 rings (SSSR count). The number of unbranched alkanes of at least 4 members (excludes halogenated alkanes) is 1. The number of carbonyl (C=O) groups excluding carboxylic acids is 1. The molecule has 1 fully saturated rings. The zero-order valence-corrected chi connectivity index (χ0v) is 11.6. The Morgan fingerprint density at radius 1 is 1.20 bits per heavy atom. The molecular formula is C14H21N3O3. The molecule has 1 aliphatic rings. The Bertz CT molecular complexity index is 437. The van der Waals surface area contributed by atoms with Gasteiger partial charge in [-0.25, -0.2) is 0 Å². The Labute approximate surface area is 118 Å². The summed E-state index contributed by atoms with van der Waals surface area (Å²) in [6.45, 7) is 1.53. The second kappa shape index (κ2) is 7.07. The van der Waals surface area contributed by atoms with Crippen LogP contribution in [0.4, 0.5) is 0 Å². The van der Waals surface area contributed by atoms with Crippen molar-refractivity contribution in [3.63, 3.8) is 0 Å². The maximum Gasteiger partial charge on any atom is 0.303 e. The molecule has 0 saturated carbocycles. The second-order valence-corrected chi connectivity index (χ2v) is 5.20. The van der Waals surface area contributed by atoms with Gasteiger partial charge in [-0.05, 0) is 31.7 Å². The van der Waals surface area contributed by atoms with E-state index in [2.05, 4.69) is 5.10 Å². The van der Waals surface area contributed by atoms with Crippen molar-refractivity contribution < 1.29 is 14.7 Å². The highest BCUT2D eigenvalue weighted by Gasteiger charge is 2.23. The van der Waals surface area contributed by atoms with Gasteiger partial charge in [-0.1, -0.05) is 0 Å². The molecule has 0 radical (unpaired) electrons. The Kier molecular flexibility index (Phi) is 5.15. The zero-order valence-electron chi connectivity index (χ0n) is 11.6. The molecule has 0 bridgehead atoms. The molecule has 0 spiro atoms. The summed E-state index contributed by atoms with van der Waals surface area (Å²) in [5.41, 5.74) is 0. The number of aliphatic carboxylic acids is 1. The smallest absolute Gasteiger partial charge is 0.303 e. The SMILES string of the molecule is O=C(O)CCCCC(=O)N1CCC(n2cccn2)CC1. The fourth-order valence-electron chi connectivity index (χ4n) is 2.59. The molecule has 6 nitrogen and oxygen atoms in total. The number of likely N-dealkylation sites (tertiary alicyclic amines) is 1. The Morgan fingerprint density at radius 2 is 1.90 bits per heavy atom. The first kappa shape index (κ1) is 14.6. The molecule has 1 N–H and O–H groups in total. The molecule has 0 aromatic carbocycles. The fraction of sp³-hybridized carbons (Fsp3) is 0.643. The zero-order chi connectivity index (χ0) is 14.4. The maximum absolute atomic E-state index is 12.0. The van der Waals surface area contributed by atoms with Crippen LogP contribution in [0.25, 0.3) is 0 Å². The predicted molar refractivity (Wildman–Crippen MR) is 73.2 cm³/mol. The summed E-state index contributed by atoms with van der Waals surface area (Å²) < 4.78 is 1.97. The first-order valence-electron chi connectivity index (χ1n) is 7.15. The molecule has 1 amide bonds. The lowest BCUT2D eigenvalue weighted by atomic mass is 10.0. The molecule has 0 aliphatic carbocycles. The molecule has 1 saturated heterocycles. The summed E-state index contributed by atoms with van der Waals surface area (Å²) in [5.74, 6) is -0.646. The van der Waals surface area contributed by atoms with Crippen LogP contribution in [0.15, 0.2) is 18.5 Å². The van der Waals surface area contributed by atoms with Crippen LogP contribution < -0.4 is 0 Å². The van der Waals surface area contributed by atoms with Gasteiger partial charge in [0.05, 0.1) is 6.04 Å². The number of carbonyl (C=O) groups is 2. The van der Waals surface area contributed by atoms with Crippen molar-refractivity contribution >= 4 is 11.9 Å². The number of piperidine rings is 1. The minimum atomic E-state index is -0.794. The van der Waals surface area contributed by atoms with Gasteiger partial charge in [0.2, 0.25) is 5.91 Å². The highest BCUT2D eigenvalue weighted by molar-refractivity contribution is 5.76. The summed E-state index contributed by atoms with van der Waals surface area (Å²) >= 11 is 0. The minimum Gasteiger partial charge on any atom is -0.481 e. The van der Waals surface area contributed by atoms with Crippen molar-refractivity contribution in [1.29, 1.82) is 0 Å². The number of nitrogens with zero attached hydrogens (tertiary/aromatic N) is 3. The number of carboxylic acid groups (broad SMARTS) is 1. The Balaban J connectivity index is 1.68. The van der Waals surface area contributed by atoms with Crippen LogP contribution in [0.2, 0.25) is 0 Å². The van der Waals surface area contributed by atoms with E-state index in [0.29, 0.717) is 25.3 Å². The summed E-state index contributed by atoms with van der Waals surface area (Å²) in [6.07, 6.45) is 7.45. The highest BCUT2D eigenvalue weighted by atomic mass is 16.4. The van der Waals surface area contributed by atoms with E-state index in [-0.39, 0.29) is 12.3 Å². The van der Waals surface area contributed by atoms with Crippen LogP contribution in [0.3, 0.4) is 0 Å². The molecule has 0 atom stereocenters. The first-order valence-corrected chi connectivity index (χ1v) is 7.15. The van der Waals surface area contributed by atoms with Crippen molar-refractivity contribution in [2.24, 2.45) is 0 Å². The lowest BCUT2D eigenvalue weighted by molar-refractivity contribution is -0.137. The van der Waals surface area contributed by atoms with Crippen LogP contribution in [0.5, 0.6) is 0 Å². The normalized spacial score (nSPS) is 16.3. The molecule has 6 heteroatoms. The molecule has 110 valence electrons.